The molecule has 0 bridgehead atoms. The second kappa shape index (κ2) is 6.60. The van der Waals surface area contributed by atoms with Crippen molar-refractivity contribution in [1.29, 1.82) is 0 Å². The van der Waals surface area contributed by atoms with Crippen molar-refractivity contribution in [2.45, 2.75) is 52.2 Å². The number of carbonyl (C=O) groups excluding carboxylic acids is 1. The number of hydrogen-bond acceptors (Lipinski definition) is 4. The first-order valence-corrected chi connectivity index (χ1v) is 6.86. The van der Waals surface area contributed by atoms with E-state index >= 15 is 0 Å². The average molecular weight is 297 g/mol. The predicted molar refractivity (Wildman–Crippen MR) is 76.9 cm³/mol. The fourth-order valence-electron chi connectivity index (χ4n) is 1.98. The summed E-state index contributed by atoms with van der Waals surface area (Å²) in [6.07, 6.45) is 1.52. The third kappa shape index (κ3) is 5.45. The fourth-order valence-corrected chi connectivity index (χ4v) is 1.98. The number of aliphatic carboxylic acids is 1. The standard InChI is InChI=1S/C14H23N3O4/c1-6-10-9(8-17(5)16-10)11(7-12(18)19)15-13(20)21-14(2,3)4/h8,11H,6-7H2,1-5H3,(H,15,20)(H,18,19). The highest BCUT2D eigenvalue weighted by atomic mass is 16.6. The van der Waals surface area contributed by atoms with Gasteiger partial charge in [0.1, 0.15) is 5.60 Å². The van der Waals surface area contributed by atoms with Gasteiger partial charge >= 0.3 is 12.1 Å². The minimum Gasteiger partial charge on any atom is -0.481 e. The van der Waals surface area contributed by atoms with E-state index in [1.807, 2.05) is 6.92 Å². The lowest BCUT2D eigenvalue weighted by Gasteiger charge is -2.23. The topological polar surface area (TPSA) is 93.5 Å². The van der Waals surface area contributed by atoms with Crippen LogP contribution in [0.25, 0.3) is 0 Å². The highest BCUT2D eigenvalue weighted by Crippen LogP contribution is 2.21. The summed E-state index contributed by atoms with van der Waals surface area (Å²) in [6, 6.07) is -0.666. The molecule has 0 aliphatic carbocycles. The molecule has 7 nitrogen and oxygen atoms in total. The normalized spacial score (nSPS) is 12.8. The van der Waals surface area contributed by atoms with E-state index in [2.05, 4.69) is 10.4 Å². The van der Waals surface area contributed by atoms with Crippen LogP contribution in [0.4, 0.5) is 4.79 Å². The summed E-state index contributed by atoms with van der Waals surface area (Å²) in [5, 5.41) is 15.9. The Hall–Kier alpha value is -2.05. The molecular weight excluding hydrogens is 274 g/mol. The van der Waals surface area contributed by atoms with Crippen LogP contribution in [0.2, 0.25) is 0 Å². The van der Waals surface area contributed by atoms with E-state index in [1.54, 1.807) is 38.7 Å². The maximum atomic E-state index is 11.9. The van der Waals surface area contributed by atoms with Gasteiger partial charge in [0.05, 0.1) is 18.2 Å². The number of aryl methyl sites for hydroxylation is 2. The Morgan fingerprint density at radius 3 is 2.57 bits per heavy atom. The number of nitrogens with zero attached hydrogens (tertiary/aromatic N) is 2. The summed E-state index contributed by atoms with van der Waals surface area (Å²) >= 11 is 0. The number of hydrogen-bond donors (Lipinski definition) is 2. The molecule has 0 spiro atoms. The van der Waals surface area contributed by atoms with Crippen LogP contribution in [0, 0.1) is 0 Å². The first-order chi connectivity index (χ1) is 9.62. The number of carbonyl (C=O) groups is 2. The van der Waals surface area contributed by atoms with Crippen LogP contribution in [0.5, 0.6) is 0 Å². The van der Waals surface area contributed by atoms with Crippen LogP contribution >= 0.6 is 0 Å². The molecular formula is C14H23N3O4. The largest absolute Gasteiger partial charge is 0.481 e. The van der Waals surface area contributed by atoms with Crippen molar-refractivity contribution in [3.8, 4) is 0 Å². The van der Waals surface area contributed by atoms with Gasteiger partial charge in [-0.2, -0.15) is 5.10 Å². The molecule has 0 radical (unpaired) electrons. The summed E-state index contributed by atoms with van der Waals surface area (Å²) in [6.45, 7) is 7.18. The summed E-state index contributed by atoms with van der Waals surface area (Å²) in [7, 11) is 1.76. The molecule has 1 atom stereocenters. The quantitative estimate of drug-likeness (QED) is 0.867. The van der Waals surface area contributed by atoms with E-state index in [0.717, 1.165) is 5.69 Å². The van der Waals surface area contributed by atoms with Gasteiger partial charge in [0.2, 0.25) is 0 Å². The van der Waals surface area contributed by atoms with E-state index in [9.17, 15) is 9.59 Å². The Morgan fingerprint density at radius 1 is 1.48 bits per heavy atom. The Morgan fingerprint density at radius 2 is 2.10 bits per heavy atom. The molecule has 1 aromatic heterocycles. The molecule has 2 N–H and O–H groups in total. The molecule has 1 rings (SSSR count). The number of alkyl carbamates (subject to hydrolysis) is 1. The molecule has 1 heterocycles. The second-order valence-electron chi connectivity index (χ2n) is 5.86. The van der Waals surface area contributed by atoms with Crippen LogP contribution in [-0.2, 0) is 23.0 Å². The minimum absolute atomic E-state index is 0.224. The zero-order valence-corrected chi connectivity index (χ0v) is 13.1. The molecule has 0 aliphatic heterocycles. The molecule has 7 heteroatoms. The van der Waals surface area contributed by atoms with Gasteiger partial charge in [-0.15, -0.1) is 0 Å². The number of nitrogens with one attached hydrogen (secondary N) is 1. The summed E-state index contributed by atoms with van der Waals surface area (Å²) in [4.78, 5) is 22.9. The lowest BCUT2D eigenvalue weighted by molar-refractivity contribution is -0.137. The van der Waals surface area contributed by atoms with Crippen LogP contribution < -0.4 is 5.32 Å². The lowest BCUT2D eigenvalue weighted by atomic mass is 10.0. The number of amides is 1. The zero-order chi connectivity index (χ0) is 16.2. The third-order valence-electron chi connectivity index (χ3n) is 2.72. The second-order valence-corrected chi connectivity index (χ2v) is 5.86. The summed E-state index contributed by atoms with van der Waals surface area (Å²) < 4.78 is 6.79. The van der Waals surface area contributed by atoms with Crippen molar-refractivity contribution < 1.29 is 19.4 Å². The fraction of sp³-hybridized carbons (Fsp3) is 0.643. The van der Waals surface area contributed by atoms with Crippen LogP contribution in [0.3, 0.4) is 0 Å². The number of aromatic nitrogens is 2. The summed E-state index contributed by atoms with van der Waals surface area (Å²) in [5.41, 5.74) is 0.827. The van der Waals surface area contributed by atoms with E-state index in [-0.39, 0.29) is 6.42 Å². The van der Waals surface area contributed by atoms with Crippen molar-refractivity contribution in [3.63, 3.8) is 0 Å². The Bertz CT molecular complexity index is 517. The molecule has 1 aromatic rings. The molecule has 0 aliphatic rings. The van der Waals surface area contributed by atoms with E-state index in [4.69, 9.17) is 9.84 Å². The third-order valence-corrected chi connectivity index (χ3v) is 2.72. The Labute approximate surface area is 124 Å². The Balaban J connectivity index is 2.95. The number of carboxylic acids is 1. The predicted octanol–water partition coefficient (Wildman–Crippen LogP) is 2.02. The molecule has 1 amide bonds. The van der Waals surface area contributed by atoms with Crippen molar-refractivity contribution in [2.24, 2.45) is 7.05 Å². The monoisotopic (exact) mass is 297 g/mol. The van der Waals surface area contributed by atoms with Crippen molar-refractivity contribution >= 4 is 12.1 Å². The Kier molecular flexibility index (Phi) is 5.34. The number of ether oxygens (including phenoxy) is 1. The number of rotatable bonds is 5. The highest BCUT2D eigenvalue weighted by molar-refractivity contribution is 5.72. The van der Waals surface area contributed by atoms with Gasteiger partial charge in [0.15, 0.2) is 0 Å². The SMILES string of the molecule is CCc1nn(C)cc1C(CC(=O)O)NC(=O)OC(C)(C)C. The molecule has 21 heavy (non-hydrogen) atoms. The van der Waals surface area contributed by atoms with Gasteiger partial charge in [0, 0.05) is 18.8 Å². The highest BCUT2D eigenvalue weighted by Gasteiger charge is 2.25. The minimum atomic E-state index is -0.998. The van der Waals surface area contributed by atoms with Crippen LogP contribution in [0.15, 0.2) is 6.20 Å². The molecule has 0 fully saturated rings. The maximum absolute atomic E-state index is 11.9. The van der Waals surface area contributed by atoms with Gasteiger partial charge in [-0.3, -0.25) is 9.48 Å². The molecule has 0 saturated carbocycles. The van der Waals surface area contributed by atoms with Crippen molar-refractivity contribution in [2.75, 3.05) is 0 Å². The summed E-state index contributed by atoms with van der Waals surface area (Å²) in [5.74, 6) is -0.998. The first-order valence-electron chi connectivity index (χ1n) is 6.86. The molecule has 1 unspecified atom stereocenters. The van der Waals surface area contributed by atoms with Crippen molar-refractivity contribution in [3.05, 3.63) is 17.5 Å². The average Bonchev–Trinajstić information content (AvgIpc) is 2.66. The lowest BCUT2D eigenvalue weighted by Crippen LogP contribution is -2.36. The van der Waals surface area contributed by atoms with E-state index in [0.29, 0.717) is 12.0 Å². The van der Waals surface area contributed by atoms with Crippen LogP contribution in [-0.4, -0.2) is 32.6 Å². The molecule has 0 aromatic carbocycles. The zero-order valence-electron chi connectivity index (χ0n) is 13.1. The van der Waals surface area contributed by atoms with E-state index in [1.165, 1.54) is 0 Å². The number of carboxylic acid groups (broad SMARTS) is 1. The maximum Gasteiger partial charge on any atom is 0.408 e. The van der Waals surface area contributed by atoms with Crippen LogP contribution in [0.1, 0.15) is 51.4 Å². The van der Waals surface area contributed by atoms with Gasteiger partial charge in [0.25, 0.3) is 0 Å². The molecule has 118 valence electrons. The van der Waals surface area contributed by atoms with E-state index < -0.39 is 23.7 Å². The van der Waals surface area contributed by atoms with Gasteiger partial charge in [-0.05, 0) is 27.2 Å². The molecule has 0 saturated heterocycles. The van der Waals surface area contributed by atoms with Gasteiger partial charge < -0.3 is 15.2 Å². The smallest absolute Gasteiger partial charge is 0.408 e. The van der Waals surface area contributed by atoms with Gasteiger partial charge in [-0.1, -0.05) is 6.92 Å². The van der Waals surface area contributed by atoms with Gasteiger partial charge in [-0.25, -0.2) is 4.79 Å². The van der Waals surface area contributed by atoms with Crippen molar-refractivity contribution in [1.82, 2.24) is 15.1 Å². The first kappa shape index (κ1) is 17.0.